The standard InChI is InChI=1S/C24H23ClFN5O5/c1-2-36-24(35)18-10-17(23(34)28-11-13-6-5-8-15(25)20(13)26)31(18)19(32)12-30-16-9-4-3-7-14(16)21(29-30)22(27)33/h3-9,17-18H,2,10-12H2,1H3,(H2,27,33)(H,28,34)/t17-,18-/m1/s1. The van der Waals surface area contributed by atoms with Crippen molar-refractivity contribution in [2.24, 2.45) is 5.73 Å². The number of carbonyl (C=O) groups excluding carboxylic acids is 4. The van der Waals surface area contributed by atoms with Gasteiger partial charge in [0.15, 0.2) is 5.69 Å². The number of fused-ring (bicyclic) bond motifs is 1. The molecule has 0 radical (unpaired) electrons. The zero-order chi connectivity index (χ0) is 26.0. The number of nitrogens with two attached hydrogens (primary N) is 1. The van der Waals surface area contributed by atoms with Crippen LogP contribution in [0.2, 0.25) is 5.02 Å². The summed E-state index contributed by atoms with van der Waals surface area (Å²) in [4.78, 5) is 51.6. The van der Waals surface area contributed by atoms with E-state index >= 15 is 0 Å². The largest absolute Gasteiger partial charge is 0.464 e. The number of esters is 1. The molecule has 1 saturated heterocycles. The first-order chi connectivity index (χ1) is 17.2. The highest BCUT2D eigenvalue weighted by Crippen LogP contribution is 2.29. The lowest BCUT2D eigenvalue weighted by Crippen LogP contribution is -2.67. The summed E-state index contributed by atoms with van der Waals surface area (Å²) in [6.07, 6.45) is 0.0425. The lowest BCUT2D eigenvalue weighted by atomic mass is 9.91. The highest BCUT2D eigenvalue weighted by atomic mass is 35.5. The number of rotatable bonds is 8. The number of benzene rings is 2. The smallest absolute Gasteiger partial charge is 0.328 e. The molecule has 0 bridgehead atoms. The van der Waals surface area contributed by atoms with Crippen molar-refractivity contribution < 1.29 is 28.3 Å². The fourth-order valence-electron chi connectivity index (χ4n) is 4.17. The summed E-state index contributed by atoms with van der Waals surface area (Å²) in [6, 6.07) is 9.22. The van der Waals surface area contributed by atoms with Crippen molar-refractivity contribution in [1.82, 2.24) is 20.0 Å². The van der Waals surface area contributed by atoms with Gasteiger partial charge in [-0.25, -0.2) is 9.18 Å². The van der Waals surface area contributed by atoms with Crippen LogP contribution in [0.15, 0.2) is 42.5 Å². The zero-order valence-electron chi connectivity index (χ0n) is 19.2. The summed E-state index contributed by atoms with van der Waals surface area (Å²) < 4.78 is 20.5. The second kappa shape index (κ2) is 10.3. The first-order valence-electron chi connectivity index (χ1n) is 11.2. The molecule has 1 aliphatic heterocycles. The van der Waals surface area contributed by atoms with Crippen molar-refractivity contribution >= 4 is 46.2 Å². The van der Waals surface area contributed by atoms with E-state index in [9.17, 15) is 23.6 Å². The highest BCUT2D eigenvalue weighted by molar-refractivity contribution is 6.30. The van der Waals surface area contributed by atoms with E-state index in [4.69, 9.17) is 22.1 Å². The molecule has 0 aliphatic carbocycles. The molecule has 10 nitrogen and oxygen atoms in total. The lowest BCUT2D eigenvalue weighted by molar-refractivity contribution is -0.170. The molecule has 1 fully saturated rings. The van der Waals surface area contributed by atoms with Gasteiger partial charge in [0.25, 0.3) is 5.91 Å². The minimum atomic E-state index is -0.980. The van der Waals surface area contributed by atoms with Crippen LogP contribution in [0.25, 0.3) is 10.9 Å². The third kappa shape index (κ3) is 4.74. The molecule has 188 valence electrons. The molecule has 2 aromatic carbocycles. The normalized spacial score (nSPS) is 16.9. The van der Waals surface area contributed by atoms with Crippen molar-refractivity contribution in [3.8, 4) is 0 Å². The number of carbonyl (C=O) groups is 4. The van der Waals surface area contributed by atoms with Crippen LogP contribution in [-0.2, 0) is 32.2 Å². The predicted octanol–water partition coefficient (Wildman–Crippen LogP) is 1.78. The molecule has 3 N–H and O–H groups in total. The van der Waals surface area contributed by atoms with Gasteiger partial charge in [-0.15, -0.1) is 0 Å². The average Bonchev–Trinajstić information content (AvgIpc) is 3.18. The number of likely N-dealkylation sites (tertiary alicyclic amines) is 1. The zero-order valence-corrected chi connectivity index (χ0v) is 20.0. The van der Waals surface area contributed by atoms with Crippen molar-refractivity contribution in [1.29, 1.82) is 0 Å². The lowest BCUT2D eigenvalue weighted by Gasteiger charge is -2.45. The molecule has 36 heavy (non-hydrogen) atoms. The van der Waals surface area contributed by atoms with E-state index in [0.717, 1.165) is 4.90 Å². The summed E-state index contributed by atoms with van der Waals surface area (Å²) in [7, 11) is 0. The molecule has 3 amide bonds. The third-order valence-corrected chi connectivity index (χ3v) is 6.22. The van der Waals surface area contributed by atoms with Gasteiger partial charge in [-0.05, 0) is 19.1 Å². The van der Waals surface area contributed by atoms with Crippen molar-refractivity contribution in [3.63, 3.8) is 0 Å². The Labute approximate surface area is 210 Å². The van der Waals surface area contributed by atoms with Gasteiger partial charge in [-0.3, -0.25) is 19.1 Å². The minimum Gasteiger partial charge on any atom is -0.464 e. The number of ether oxygens (including phenoxy) is 1. The quantitative estimate of drug-likeness (QED) is 0.439. The van der Waals surface area contributed by atoms with Crippen molar-refractivity contribution in [2.75, 3.05) is 6.61 Å². The van der Waals surface area contributed by atoms with E-state index in [1.54, 1.807) is 37.3 Å². The average molecular weight is 516 g/mol. The molecular formula is C24H23ClFN5O5. The number of para-hydroxylation sites is 1. The number of amides is 3. The minimum absolute atomic E-state index is 0.00166. The Kier molecular flexibility index (Phi) is 7.20. The number of primary amides is 1. The van der Waals surface area contributed by atoms with Crippen LogP contribution >= 0.6 is 11.6 Å². The topological polar surface area (TPSA) is 137 Å². The summed E-state index contributed by atoms with van der Waals surface area (Å²) in [5.74, 6) is -3.19. The Balaban J connectivity index is 1.55. The molecule has 2 heterocycles. The fraction of sp³-hybridized carbons (Fsp3) is 0.292. The van der Waals surface area contributed by atoms with Crippen LogP contribution in [0.1, 0.15) is 29.4 Å². The molecule has 0 unspecified atom stereocenters. The highest BCUT2D eigenvalue weighted by Gasteiger charge is 2.50. The number of halogens is 2. The Bertz CT molecular complexity index is 1360. The summed E-state index contributed by atoms with van der Waals surface area (Å²) in [5, 5.41) is 7.15. The van der Waals surface area contributed by atoms with Crippen LogP contribution in [0.3, 0.4) is 0 Å². The second-order valence-corrected chi connectivity index (χ2v) is 8.55. The van der Waals surface area contributed by atoms with Gasteiger partial charge in [-0.1, -0.05) is 41.9 Å². The van der Waals surface area contributed by atoms with E-state index in [-0.39, 0.29) is 42.4 Å². The summed E-state index contributed by atoms with van der Waals surface area (Å²) in [5.41, 5.74) is 6.09. The van der Waals surface area contributed by atoms with Gasteiger partial charge in [0.1, 0.15) is 24.4 Å². The van der Waals surface area contributed by atoms with Crippen molar-refractivity contribution in [3.05, 3.63) is 64.6 Å². The molecule has 0 saturated carbocycles. The van der Waals surface area contributed by atoms with Gasteiger partial charge in [0, 0.05) is 23.9 Å². The van der Waals surface area contributed by atoms with Crippen LogP contribution in [0, 0.1) is 5.82 Å². The molecule has 4 rings (SSSR count). The Hall–Kier alpha value is -3.99. The van der Waals surface area contributed by atoms with Gasteiger partial charge < -0.3 is 20.7 Å². The maximum atomic E-state index is 14.2. The molecule has 12 heteroatoms. The van der Waals surface area contributed by atoms with Crippen LogP contribution in [0.4, 0.5) is 4.39 Å². The number of hydrogen-bond donors (Lipinski definition) is 2. The van der Waals surface area contributed by atoms with Gasteiger partial charge >= 0.3 is 5.97 Å². The van der Waals surface area contributed by atoms with E-state index in [1.165, 1.54) is 16.8 Å². The van der Waals surface area contributed by atoms with Crippen LogP contribution in [-0.4, -0.2) is 57.1 Å². The van der Waals surface area contributed by atoms with Gasteiger partial charge in [0.05, 0.1) is 17.1 Å². The van der Waals surface area contributed by atoms with E-state index in [2.05, 4.69) is 10.4 Å². The van der Waals surface area contributed by atoms with Crippen LogP contribution < -0.4 is 11.1 Å². The Morgan fingerprint density at radius 2 is 1.92 bits per heavy atom. The molecule has 1 aliphatic rings. The maximum Gasteiger partial charge on any atom is 0.328 e. The van der Waals surface area contributed by atoms with E-state index in [0.29, 0.717) is 10.9 Å². The SMILES string of the molecule is CCOC(=O)[C@H]1C[C@H](C(=O)NCc2cccc(Cl)c2F)N1C(=O)Cn1nc(C(N)=O)c2ccccc21. The number of nitrogens with zero attached hydrogens (tertiary/aromatic N) is 3. The molecule has 0 spiro atoms. The third-order valence-electron chi connectivity index (χ3n) is 5.93. The molecule has 2 atom stereocenters. The maximum absolute atomic E-state index is 14.2. The first kappa shape index (κ1) is 25.1. The number of nitrogens with one attached hydrogen (secondary N) is 1. The van der Waals surface area contributed by atoms with Crippen LogP contribution in [0.5, 0.6) is 0 Å². The van der Waals surface area contributed by atoms with E-state index in [1.807, 2.05) is 0 Å². The molecular weight excluding hydrogens is 493 g/mol. The summed E-state index contributed by atoms with van der Waals surface area (Å²) in [6.45, 7) is 1.23. The van der Waals surface area contributed by atoms with Gasteiger partial charge in [0.2, 0.25) is 11.8 Å². The molecule has 1 aromatic heterocycles. The Morgan fingerprint density at radius 1 is 1.17 bits per heavy atom. The number of aromatic nitrogens is 2. The fourth-order valence-corrected chi connectivity index (χ4v) is 4.37. The van der Waals surface area contributed by atoms with Crippen molar-refractivity contribution in [2.45, 2.75) is 38.5 Å². The Morgan fingerprint density at radius 3 is 2.64 bits per heavy atom. The monoisotopic (exact) mass is 515 g/mol. The second-order valence-electron chi connectivity index (χ2n) is 8.14. The predicted molar refractivity (Wildman–Crippen MR) is 127 cm³/mol. The molecule has 3 aromatic rings. The summed E-state index contributed by atoms with van der Waals surface area (Å²) >= 11 is 5.79. The first-order valence-corrected chi connectivity index (χ1v) is 11.5. The number of hydrogen-bond acceptors (Lipinski definition) is 6. The van der Waals surface area contributed by atoms with Gasteiger partial charge in [-0.2, -0.15) is 5.10 Å². The van der Waals surface area contributed by atoms with E-state index < -0.39 is 41.6 Å².